The zero-order valence-corrected chi connectivity index (χ0v) is 16.4. The second-order valence-electron chi connectivity index (χ2n) is 7.77. The highest BCUT2D eigenvalue weighted by Gasteiger charge is 2.29. The zero-order chi connectivity index (χ0) is 19.8. The number of hydrogen-bond acceptors (Lipinski definition) is 4. The predicted octanol–water partition coefficient (Wildman–Crippen LogP) is 3.35. The number of nitrogens with zero attached hydrogens (tertiary/aromatic N) is 5. The molecule has 1 aliphatic carbocycles. The van der Waals surface area contributed by atoms with Gasteiger partial charge in [0.05, 0.1) is 11.4 Å². The highest BCUT2D eigenvalue weighted by molar-refractivity contribution is 5.40. The van der Waals surface area contributed by atoms with Gasteiger partial charge in [0, 0.05) is 43.8 Å². The van der Waals surface area contributed by atoms with Crippen LogP contribution in [0.1, 0.15) is 29.7 Å². The summed E-state index contributed by atoms with van der Waals surface area (Å²) < 4.78 is 3.48. The number of hydrogen-bond donors (Lipinski definition) is 0. The van der Waals surface area contributed by atoms with Gasteiger partial charge in [0.2, 0.25) is 0 Å². The van der Waals surface area contributed by atoms with Gasteiger partial charge in [-0.15, -0.1) is 0 Å². The summed E-state index contributed by atoms with van der Waals surface area (Å²) in [6.45, 7) is 3.51. The van der Waals surface area contributed by atoms with Crippen molar-refractivity contribution in [2.45, 2.75) is 38.9 Å². The Labute approximate surface area is 169 Å². The van der Waals surface area contributed by atoms with Gasteiger partial charge in [-0.3, -0.25) is 14.1 Å². The number of aromatic nitrogens is 4. The van der Waals surface area contributed by atoms with Gasteiger partial charge in [-0.25, -0.2) is 9.67 Å². The van der Waals surface area contributed by atoms with Crippen LogP contribution < -0.4 is 5.56 Å². The van der Waals surface area contributed by atoms with Gasteiger partial charge in [0.1, 0.15) is 5.65 Å². The minimum Gasteiger partial charge on any atom is -0.290 e. The molecular weight excluding hydrogens is 362 g/mol. The summed E-state index contributed by atoms with van der Waals surface area (Å²) in [5.74, 6) is 0. The van der Waals surface area contributed by atoms with E-state index in [4.69, 9.17) is 4.98 Å². The smallest absolute Gasteiger partial charge is 0.258 e. The third kappa shape index (κ3) is 3.84. The Morgan fingerprint density at radius 2 is 1.93 bits per heavy atom. The lowest BCUT2D eigenvalue weighted by Gasteiger charge is -2.22. The summed E-state index contributed by atoms with van der Waals surface area (Å²) in [5, 5.41) is 4.28. The zero-order valence-electron chi connectivity index (χ0n) is 16.4. The summed E-state index contributed by atoms with van der Waals surface area (Å²) in [6.07, 6.45) is 7.97. The second-order valence-corrected chi connectivity index (χ2v) is 7.77. The first-order valence-electron chi connectivity index (χ1n) is 9.98. The number of fused-ring (bicyclic) bond motifs is 1. The van der Waals surface area contributed by atoms with E-state index in [2.05, 4.69) is 34.3 Å². The molecule has 0 amide bonds. The minimum atomic E-state index is -0.0203. The Balaban J connectivity index is 1.37. The van der Waals surface area contributed by atoms with Crippen LogP contribution in [0, 0.1) is 6.92 Å². The van der Waals surface area contributed by atoms with Crippen molar-refractivity contribution in [3.63, 3.8) is 0 Å². The van der Waals surface area contributed by atoms with E-state index in [1.807, 2.05) is 42.2 Å². The predicted molar refractivity (Wildman–Crippen MR) is 112 cm³/mol. The Kier molecular flexibility index (Phi) is 4.48. The maximum Gasteiger partial charge on any atom is 0.258 e. The van der Waals surface area contributed by atoms with Crippen molar-refractivity contribution in [1.82, 2.24) is 24.1 Å². The van der Waals surface area contributed by atoms with Gasteiger partial charge in [0.15, 0.2) is 0 Å². The van der Waals surface area contributed by atoms with E-state index >= 15 is 0 Å². The largest absolute Gasteiger partial charge is 0.290 e. The first-order chi connectivity index (χ1) is 14.2. The first-order valence-corrected chi connectivity index (χ1v) is 9.98. The monoisotopic (exact) mass is 385 g/mol. The lowest BCUT2D eigenvalue weighted by atomic mass is 10.2. The van der Waals surface area contributed by atoms with Crippen molar-refractivity contribution in [3.05, 3.63) is 94.3 Å². The third-order valence-electron chi connectivity index (χ3n) is 5.38. The van der Waals surface area contributed by atoms with Gasteiger partial charge in [-0.05, 0) is 55.2 Å². The summed E-state index contributed by atoms with van der Waals surface area (Å²) in [6, 6.07) is 16.6. The molecule has 0 N–H and O–H groups in total. The SMILES string of the molecule is Cc1ccc2nc(CN(Cc3ccc(-n4cccn4)cc3)C3CC3)cc(=O)n2c1. The molecule has 0 bridgehead atoms. The molecule has 0 radical (unpaired) electrons. The van der Waals surface area contributed by atoms with Crippen molar-refractivity contribution in [1.29, 1.82) is 0 Å². The van der Waals surface area contributed by atoms with Crippen molar-refractivity contribution in [3.8, 4) is 5.69 Å². The molecule has 146 valence electrons. The highest BCUT2D eigenvalue weighted by Crippen LogP contribution is 2.29. The van der Waals surface area contributed by atoms with Crippen LogP contribution in [0.4, 0.5) is 0 Å². The highest BCUT2D eigenvalue weighted by atomic mass is 16.1. The summed E-state index contributed by atoms with van der Waals surface area (Å²) >= 11 is 0. The fraction of sp³-hybridized carbons (Fsp3) is 0.261. The van der Waals surface area contributed by atoms with Crippen LogP contribution in [0.15, 0.2) is 71.9 Å². The molecule has 0 unspecified atom stereocenters. The molecule has 0 aliphatic heterocycles. The Bertz CT molecular complexity index is 1190. The Morgan fingerprint density at radius 3 is 2.66 bits per heavy atom. The van der Waals surface area contributed by atoms with Crippen LogP contribution >= 0.6 is 0 Å². The molecule has 6 nitrogen and oxygen atoms in total. The van der Waals surface area contributed by atoms with Crippen LogP contribution in [0.3, 0.4) is 0 Å². The topological polar surface area (TPSA) is 55.4 Å². The molecule has 0 spiro atoms. The van der Waals surface area contributed by atoms with Crippen LogP contribution in [-0.4, -0.2) is 30.1 Å². The quantitative estimate of drug-likeness (QED) is 0.511. The number of rotatable bonds is 6. The van der Waals surface area contributed by atoms with Gasteiger partial charge < -0.3 is 0 Å². The molecule has 1 saturated carbocycles. The van der Waals surface area contributed by atoms with Crippen molar-refractivity contribution in [2.24, 2.45) is 0 Å². The molecular formula is C23H23N5O. The van der Waals surface area contributed by atoms with Crippen molar-refractivity contribution < 1.29 is 0 Å². The molecule has 1 aliphatic rings. The molecule has 6 heteroatoms. The lowest BCUT2D eigenvalue weighted by Crippen LogP contribution is -2.27. The van der Waals surface area contributed by atoms with Crippen molar-refractivity contribution >= 4 is 5.65 Å². The molecule has 1 aromatic carbocycles. The van der Waals surface area contributed by atoms with E-state index in [1.54, 1.807) is 16.7 Å². The molecule has 4 aromatic rings. The number of aryl methyl sites for hydroxylation is 1. The number of benzene rings is 1. The maximum absolute atomic E-state index is 12.5. The first kappa shape index (κ1) is 17.8. The van der Waals surface area contributed by atoms with Crippen LogP contribution in [0.25, 0.3) is 11.3 Å². The third-order valence-corrected chi connectivity index (χ3v) is 5.38. The molecule has 3 heterocycles. The van der Waals surface area contributed by atoms with E-state index in [0.717, 1.165) is 23.5 Å². The van der Waals surface area contributed by atoms with Gasteiger partial charge >= 0.3 is 0 Å². The minimum absolute atomic E-state index is 0.0203. The fourth-order valence-corrected chi connectivity index (χ4v) is 3.71. The molecule has 0 saturated heterocycles. The summed E-state index contributed by atoms with van der Waals surface area (Å²) in [5.41, 5.74) is 4.87. The lowest BCUT2D eigenvalue weighted by molar-refractivity contribution is 0.243. The van der Waals surface area contributed by atoms with Crippen molar-refractivity contribution in [2.75, 3.05) is 0 Å². The molecule has 3 aromatic heterocycles. The average Bonchev–Trinajstić information content (AvgIpc) is 3.43. The summed E-state index contributed by atoms with van der Waals surface area (Å²) in [4.78, 5) is 19.7. The van der Waals surface area contributed by atoms with E-state index in [1.165, 1.54) is 18.4 Å². The molecule has 5 rings (SSSR count). The van der Waals surface area contributed by atoms with E-state index in [0.29, 0.717) is 18.2 Å². The van der Waals surface area contributed by atoms with Gasteiger partial charge in [0.25, 0.3) is 5.56 Å². The standard InChI is InChI=1S/C23H23N5O/c1-17-3-10-22-25-19(13-23(29)27(22)14-17)16-26(20-8-9-20)15-18-4-6-21(7-5-18)28-12-2-11-24-28/h2-7,10-14,20H,8-9,15-16H2,1H3. The fourth-order valence-electron chi connectivity index (χ4n) is 3.71. The maximum atomic E-state index is 12.5. The second kappa shape index (κ2) is 7.29. The van der Waals surface area contributed by atoms with Crippen LogP contribution in [0.5, 0.6) is 0 Å². The average molecular weight is 385 g/mol. The van der Waals surface area contributed by atoms with E-state index in [-0.39, 0.29) is 5.56 Å². The van der Waals surface area contributed by atoms with Crippen LogP contribution in [-0.2, 0) is 13.1 Å². The van der Waals surface area contributed by atoms with Crippen LogP contribution in [0.2, 0.25) is 0 Å². The Hall–Kier alpha value is -3.25. The van der Waals surface area contributed by atoms with E-state index < -0.39 is 0 Å². The van der Waals surface area contributed by atoms with E-state index in [9.17, 15) is 4.79 Å². The molecule has 0 atom stereocenters. The Morgan fingerprint density at radius 1 is 1.10 bits per heavy atom. The summed E-state index contributed by atoms with van der Waals surface area (Å²) in [7, 11) is 0. The molecule has 1 fully saturated rings. The van der Waals surface area contributed by atoms with Gasteiger partial charge in [-0.1, -0.05) is 18.2 Å². The number of pyridine rings is 1. The molecule has 29 heavy (non-hydrogen) atoms. The normalized spacial score (nSPS) is 14.0. The van der Waals surface area contributed by atoms with Gasteiger partial charge in [-0.2, -0.15) is 5.10 Å².